The Morgan fingerprint density at radius 3 is 0.778 bits per heavy atom. The first kappa shape index (κ1) is 61.4. The van der Waals surface area contributed by atoms with E-state index in [0.717, 1.165) is 63.7 Å². The Balaban J connectivity index is 4.30. The van der Waals surface area contributed by atoms with E-state index in [-0.39, 0.29) is 31.1 Å². The van der Waals surface area contributed by atoms with E-state index in [1.807, 2.05) is 0 Å². The molecule has 63 heavy (non-hydrogen) atoms. The van der Waals surface area contributed by atoms with Gasteiger partial charge in [0, 0.05) is 19.3 Å². The van der Waals surface area contributed by atoms with Gasteiger partial charge in [-0.2, -0.15) is 0 Å². The zero-order valence-corrected chi connectivity index (χ0v) is 43.0. The van der Waals surface area contributed by atoms with Crippen molar-refractivity contribution in [2.45, 2.75) is 329 Å². The second kappa shape index (κ2) is 51.4. The number of ether oxygens (including phenoxy) is 3. The molecule has 0 unspecified atom stereocenters. The van der Waals surface area contributed by atoms with Crippen LogP contribution in [0.15, 0.2) is 0 Å². The lowest BCUT2D eigenvalue weighted by atomic mass is 10.0. The fraction of sp³-hybridized carbons (Fsp3) is 0.947. The summed E-state index contributed by atoms with van der Waals surface area (Å²) >= 11 is 0. The molecule has 0 N–H and O–H groups in total. The minimum absolute atomic E-state index is 0.0621. The molecule has 0 bridgehead atoms. The van der Waals surface area contributed by atoms with Gasteiger partial charge < -0.3 is 14.2 Å². The van der Waals surface area contributed by atoms with Gasteiger partial charge in [0.25, 0.3) is 0 Å². The van der Waals surface area contributed by atoms with Gasteiger partial charge in [0.2, 0.25) is 0 Å². The first-order valence-electron chi connectivity index (χ1n) is 28.4. The summed E-state index contributed by atoms with van der Waals surface area (Å²) in [5.74, 6) is -0.0120. The maximum atomic E-state index is 12.8. The van der Waals surface area contributed by atoms with Crippen molar-refractivity contribution in [3.63, 3.8) is 0 Å². The molecule has 0 aliphatic rings. The van der Waals surface area contributed by atoms with Crippen LogP contribution in [0.25, 0.3) is 0 Å². The fourth-order valence-electron chi connectivity index (χ4n) is 8.75. The first-order valence-corrected chi connectivity index (χ1v) is 28.4. The van der Waals surface area contributed by atoms with Gasteiger partial charge in [-0.05, 0) is 25.2 Å². The standard InChI is InChI=1S/C57H110O6/c1-5-7-9-11-13-15-17-19-21-23-25-29-33-37-41-45-49-56(59)62-52-54(63-57(60)50-46-42-38-34-30-26-27-31-35-39-43-47-53(3)4)51-61-55(58)48-44-40-36-32-28-24-22-20-18-16-14-12-10-8-6-2/h53-54H,5-52H2,1-4H3/t54-/m1/s1. The van der Waals surface area contributed by atoms with Crippen molar-refractivity contribution in [3.8, 4) is 0 Å². The minimum atomic E-state index is -0.761. The summed E-state index contributed by atoms with van der Waals surface area (Å²) in [6, 6.07) is 0. The second-order valence-corrected chi connectivity index (χ2v) is 20.1. The average Bonchev–Trinajstić information content (AvgIpc) is 3.27. The number of rotatable bonds is 52. The summed E-state index contributed by atoms with van der Waals surface area (Å²) in [4.78, 5) is 38.1. The molecule has 1 atom stereocenters. The molecule has 0 aromatic rings. The molecule has 0 spiro atoms. The molecule has 374 valence electrons. The van der Waals surface area contributed by atoms with E-state index < -0.39 is 6.10 Å². The molecule has 0 radical (unpaired) electrons. The molecule has 6 heteroatoms. The van der Waals surface area contributed by atoms with Gasteiger partial charge in [-0.15, -0.1) is 0 Å². The highest BCUT2D eigenvalue weighted by Gasteiger charge is 2.19. The number of carbonyl (C=O) groups is 3. The van der Waals surface area contributed by atoms with Crippen molar-refractivity contribution in [2.75, 3.05) is 13.2 Å². The highest BCUT2D eigenvalue weighted by atomic mass is 16.6. The Labute approximate surface area is 393 Å². The molecule has 0 aliphatic heterocycles. The van der Waals surface area contributed by atoms with Crippen LogP contribution >= 0.6 is 0 Å². The Hall–Kier alpha value is -1.59. The third-order valence-electron chi connectivity index (χ3n) is 13.0. The molecule has 0 rings (SSSR count). The quantitative estimate of drug-likeness (QED) is 0.0344. The van der Waals surface area contributed by atoms with Crippen molar-refractivity contribution in [1.82, 2.24) is 0 Å². The van der Waals surface area contributed by atoms with Crippen LogP contribution in [0.2, 0.25) is 0 Å². The van der Waals surface area contributed by atoms with Crippen LogP contribution in [0.5, 0.6) is 0 Å². The summed E-state index contributed by atoms with van der Waals surface area (Å²) in [6.07, 6.45) is 55.2. The van der Waals surface area contributed by atoms with Crippen molar-refractivity contribution >= 4 is 17.9 Å². The van der Waals surface area contributed by atoms with Crippen molar-refractivity contribution in [2.24, 2.45) is 5.92 Å². The second-order valence-electron chi connectivity index (χ2n) is 20.1. The first-order chi connectivity index (χ1) is 30.9. The number of unbranched alkanes of at least 4 members (excludes halogenated alkanes) is 39. The van der Waals surface area contributed by atoms with Crippen LogP contribution < -0.4 is 0 Å². The predicted molar refractivity (Wildman–Crippen MR) is 270 cm³/mol. The Morgan fingerprint density at radius 2 is 0.524 bits per heavy atom. The number of carbonyl (C=O) groups excluding carboxylic acids is 3. The summed E-state index contributed by atoms with van der Waals surface area (Å²) in [7, 11) is 0. The maximum absolute atomic E-state index is 12.8. The smallest absolute Gasteiger partial charge is 0.306 e. The summed E-state index contributed by atoms with van der Waals surface area (Å²) in [5.41, 5.74) is 0. The Bertz CT molecular complexity index is 949. The van der Waals surface area contributed by atoms with Crippen LogP contribution in [0.3, 0.4) is 0 Å². The minimum Gasteiger partial charge on any atom is -0.462 e. The maximum Gasteiger partial charge on any atom is 0.306 e. The van der Waals surface area contributed by atoms with Gasteiger partial charge in [0.15, 0.2) is 6.10 Å². The van der Waals surface area contributed by atoms with E-state index in [0.29, 0.717) is 19.3 Å². The molecule has 0 aromatic heterocycles. The van der Waals surface area contributed by atoms with E-state index in [4.69, 9.17) is 14.2 Å². The summed E-state index contributed by atoms with van der Waals surface area (Å²) in [6.45, 7) is 9.05. The summed E-state index contributed by atoms with van der Waals surface area (Å²) in [5, 5.41) is 0. The highest BCUT2D eigenvalue weighted by Crippen LogP contribution is 2.18. The van der Waals surface area contributed by atoms with Crippen LogP contribution in [0.4, 0.5) is 0 Å². The molecule has 0 fully saturated rings. The van der Waals surface area contributed by atoms with E-state index in [1.54, 1.807) is 0 Å². The lowest BCUT2D eigenvalue weighted by Crippen LogP contribution is -2.30. The molecular formula is C57H110O6. The fourth-order valence-corrected chi connectivity index (χ4v) is 8.75. The van der Waals surface area contributed by atoms with Gasteiger partial charge in [0.05, 0.1) is 0 Å². The molecule has 0 aliphatic carbocycles. The van der Waals surface area contributed by atoms with Gasteiger partial charge in [-0.25, -0.2) is 0 Å². The van der Waals surface area contributed by atoms with Crippen LogP contribution in [-0.2, 0) is 28.6 Å². The monoisotopic (exact) mass is 891 g/mol. The largest absolute Gasteiger partial charge is 0.462 e. The molecule has 6 nitrogen and oxygen atoms in total. The number of esters is 3. The highest BCUT2D eigenvalue weighted by molar-refractivity contribution is 5.71. The lowest BCUT2D eigenvalue weighted by Gasteiger charge is -2.18. The van der Waals surface area contributed by atoms with Gasteiger partial charge in [-0.1, -0.05) is 285 Å². The SMILES string of the molecule is CCCCCCCCCCCCCCCCCCC(=O)OC[C@@H](COC(=O)CCCCCCCCCCCCCCCCC)OC(=O)CCCCCCCCCCCCCC(C)C. The molecule has 0 amide bonds. The topological polar surface area (TPSA) is 78.9 Å². The molecule has 0 saturated heterocycles. The van der Waals surface area contributed by atoms with Crippen LogP contribution in [-0.4, -0.2) is 37.2 Å². The summed E-state index contributed by atoms with van der Waals surface area (Å²) < 4.78 is 16.9. The third kappa shape index (κ3) is 51.3. The van der Waals surface area contributed by atoms with E-state index >= 15 is 0 Å². The Kier molecular flexibility index (Phi) is 50.1. The van der Waals surface area contributed by atoms with Crippen LogP contribution in [0, 0.1) is 5.92 Å². The lowest BCUT2D eigenvalue weighted by molar-refractivity contribution is -0.167. The van der Waals surface area contributed by atoms with Crippen LogP contribution in [0.1, 0.15) is 323 Å². The molecule has 0 aromatic carbocycles. The molecular weight excluding hydrogens is 781 g/mol. The van der Waals surface area contributed by atoms with E-state index in [1.165, 1.54) is 218 Å². The molecule has 0 saturated carbocycles. The van der Waals surface area contributed by atoms with Crippen molar-refractivity contribution < 1.29 is 28.6 Å². The predicted octanol–water partition coefficient (Wildman–Crippen LogP) is 18.6. The zero-order chi connectivity index (χ0) is 45.9. The van der Waals surface area contributed by atoms with E-state index in [2.05, 4.69) is 27.7 Å². The van der Waals surface area contributed by atoms with Crippen molar-refractivity contribution in [1.29, 1.82) is 0 Å². The number of hydrogen-bond acceptors (Lipinski definition) is 6. The zero-order valence-electron chi connectivity index (χ0n) is 43.0. The van der Waals surface area contributed by atoms with Gasteiger partial charge in [-0.3, -0.25) is 14.4 Å². The van der Waals surface area contributed by atoms with E-state index in [9.17, 15) is 14.4 Å². The third-order valence-corrected chi connectivity index (χ3v) is 13.0. The van der Waals surface area contributed by atoms with Crippen molar-refractivity contribution in [3.05, 3.63) is 0 Å². The van der Waals surface area contributed by atoms with Gasteiger partial charge >= 0.3 is 17.9 Å². The number of hydrogen-bond donors (Lipinski definition) is 0. The average molecular weight is 892 g/mol. The molecule has 0 heterocycles. The normalized spacial score (nSPS) is 12.0. The Morgan fingerprint density at radius 1 is 0.302 bits per heavy atom. The van der Waals surface area contributed by atoms with Gasteiger partial charge in [0.1, 0.15) is 13.2 Å².